The Labute approximate surface area is 196 Å². The first-order valence-electron chi connectivity index (χ1n) is 10.9. The van der Waals surface area contributed by atoms with Crippen LogP contribution in [0.1, 0.15) is 49.4 Å². The van der Waals surface area contributed by atoms with Gasteiger partial charge in [-0.1, -0.05) is 33.4 Å². The molecule has 0 saturated carbocycles. The molecule has 172 valence electrons. The van der Waals surface area contributed by atoms with E-state index < -0.39 is 0 Å². The van der Waals surface area contributed by atoms with Crippen LogP contribution in [0.15, 0.2) is 42.7 Å². The minimum atomic E-state index is -0.185. The largest absolute Gasteiger partial charge is 0.361 e. The average Bonchev–Trinajstić information content (AvgIpc) is 3.20. The van der Waals surface area contributed by atoms with Crippen LogP contribution < -0.4 is 10.2 Å². The van der Waals surface area contributed by atoms with Crippen molar-refractivity contribution in [3.8, 4) is 6.07 Å². The van der Waals surface area contributed by atoms with Crippen molar-refractivity contribution in [2.75, 3.05) is 17.3 Å². The van der Waals surface area contributed by atoms with Gasteiger partial charge in [0.1, 0.15) is 6.04 Å². The number of likely N-dealkylation sites (N-methyl/N-ethyl adjacent to an activating group) is 1. The highest BCUT2D eigenvalue weighted by molar-refractivity contribution is 6.04. The molecule has 4 rings (SSSR count). The number of hydrogen-bond donors (Lipinski definition) is 1. The molecule has 3 heterocycles. The molecule has 2 aromatic heterocycles. The Bertz CT molecular complexity index is 1190. The lowest BCUT2D eigenvalue weighted by atomic mass is 9.97. The molecular weight excluding hydrogens is 412 g/mol. The van der Waals surface area contributed by atoms with Gasteiger partial charge in [0, 0.05) is 18.9 Å². The standard InChI is InChI=1S/C25H28N6O.CH4/c1-16(2)24-25(32)29-23-17(3)28-21(11-22(23)30(24)4)9-8-20-13-27-31(15-20)14-19-7-5-6-18(10-19)12-26;/h5-7,10-11,13,15-16,24H,8-9,14H2,1-4H3,(H,29,32);1H4/t24-;/m0./s1. The Balaban J connectivity index is 0.00000306. The number of hydrogen-bond acceptors (Lipinski definition) is 5. The summed E-state index contributed by atoms with van der Waals surface area (Å²) in [4.78, 5) is 19.3. The van der Waals surface area contributed by atoms with E-state index in [0.717, 1.165) is 46.7 Å². The van der Waals surface area contributed by atoms with Crippen LogP contribution in [0.5, 0.6) is 0 Å². The van der Waals surface area contributed by atoms with Crippen molar-refractivity contribution in [3.63, 3.8) is 0 Å². The minimum Gasteiger partial charge on any atom is -0.361 e. The van der Waals surface area contributed by atoms with Gasteiger partial charge >= 0.3 is 0 Å². The first kappa shape index (κ1) is 24.0. The zero-order valence-electron chi connectivity index (χ0n) is 19.0. The molecular formula is C26H32N6O. The number of amides is 1. The van der Waals surface area contributed by atoms with Crippen LogP contribution in [0, 0.1) is 24.2 Å². The summed E-state index contributed by atoms with van der Waals surface area (Å²) < 4.78 is 1.90. The van der Waals surface area contributed by atoms with Gasteiger partial charge in [-0.15, -0.1) is 0 Å². The molecule has 1 N–H and O–H groups in total. The molecule has 7 heteroatoms. The SMILES string of the molecule is C.Cc1nc(CCc2cnn(Cc3cccc(C#N)c3)c2)cc2c1NC(=O)[C@H](C(C)C)N2C. The Kier molecular flexibility index (Phi) is 7.17. The number of aryl methyl sites for hydroxylation is 3. The molecule has 1 aliphatic heterocycles. The number of nitriles is 1. The number of pyridine rings is 1. The van der Waals surface area contributed by atoms with Crippen molar-refractivity contribution in [1.82, 2.24) is 14.8 Å². The van der Waals surface area contributed by atoms with Crippen molar-refractivity contribution < 1.29 is 4.79 Å². The topological polar surface area (TPSA) is 86.8 Å². The van der Waals surface area contributed by atoms with Crippen LogP contribution in [0.3, 0.4) is 0 Å². The molecule has 0 bridgehead atoms. The molecule has 0 saturated heterocycles. The van der Waals surface area contributed by atoms with Crippen molar-refractivity contribution >= 4 is 17.3 Å². The molecule has 1 amide bonds. The van der Waals surface area contributed by atoms with Crippen LogP contribution in [0.2, 0.25) is 0 Å². The van der Waals surface area contributed by atoms with Crippen LogP contribution in [-0.4, -0.2) is 33.8 Å². The van der Waals surface area contributed by atoms with E-state index in [2.05, 4.69) is 41.3 Å². The number of nitrogens with one attached hydrogen (secondary N) is 1. The average molecular weight is 445 g/mol. The lowest BCUT2D eigenvalue weighted by Gasteiger charge is -2.38. The highest BCUT2D eigenvalue weighted by atomic mass is 16.2. The van der Waals surface area contributed by atoms with Gasteiger partial charge in [0.15, 0.2) is 0 Å². The normalized spacial score (nSPS) is 15.0. The molecule has 0 aliphatic carbocycles. The maximum absolute atomic E-state index is 12.5. The van der Waals surface area contributed by atoms with E-state index in [-0.39, 0.29) is 25.3 Å². The molecule has 7 nitrogen and oxygen atoms in total. The third kappa shape index (κ3) is 5.06. The van der Waals surface area contributed by atoms with Gasteiger partial charge in [-0.3, -0.25) is 14.5 Å². The highest BCUT2D eigenvalue weighted by Crippen LogP contribution is 2.35. The number of fused-ring (bicyclic) bond motifs is 1. The first-order valence-corrected chi connectivity index (χ1v) is 10.9. The quantitative estimate of drug-likeness (QED) is 0.611. The van der Waals surface area contributed by atoms with E-state index in [1.165, 1.54) is 0 Å². The van der Waals surface area contributed by atoms with Crippen molar-refractivity contribution in [2.24, 2.45) is 5.92 Å². The molecule has 0 fully saturated rings. The van der Waals surface area contributed by atoms with Gasteiger partial charge < -0.3 is 10.2 Å². The van der Waals surface area contributed by atoms with Gasteiger partial charge in [0.05, 0.1) is 41.4 Å². The fraction of sp³-hybridized carbons (Fsp3) is 0.385. The summed E-state index contributed by atoms with van der Waals surface area (Å²) in [6.07, 6.45) is 5.55. The third-order valence-electron chi connectivity index (χ3n) is 5.94. The minimum absolute atomic E-state index is 0. The predicted molar refractivity (Wildman–Crippen MR) is 131 cm³/mol. The lowest BCUT2D eigenvalue weighted by Crippen LogP contribution is -2.49. The van der Waals surface area contributed by atoms with Crippen molar-refractivity contribution in [1.29, 1.82) is 5.26 Å². The summed E-state index contributed by atoms with van der Waals surface area (Å²) >= 11 is 0. The highest BCUT2D eigenvalue weighted by Gasteiger charge is 2.34. The zero-order chi connectivity index (χ0) is 22.8. The summed E-state index contributed by atoms with van der Waals surface area (Å²) in [5.41, 5.74) is 6.53. The van der Waals surface area contributed by atoms with Gasteiger partial charge in [-0.05, 0) is 55.0 Å². The first-order chi connectivity index (χ1) is 15.4. The monoisotopic (exact) mass is 444 g/mol. The van der Waals surface area contributed by atoms with E-state index in [9.17, 15) is 4.79 Å². The Morgan fingerprint density at radius 2 is 2.00 bits per heavy atom. The summed E-state index contributed by atoms with van der Waals surface area (Å²) in [7, 11) is 1.98. The number of carbonyl (C=O) groups is 1. The maximum Gasteiger partial charge on any atom is 0.247 e. The van der Waals surface area contributed by atoms with E-state index in [4.69, 9.17) is 10.2 Å². The second-order valence-corrected chi connectivity index (χ2v) is 8.74. The molecule has 0 unspecified atom stereocenters. The van der Waals surface area contributed by atoms with E-state index >= 15 is 0 Å². The van der Waals surface area contributed by atoms with E-state index in [0.29, 0.717) is 12.1 Å². The predicted octanol–water partition coefficient (Wildman–Crippen LogP) is 4.34. The number of carbonyl (C=O) groups excluding carboxylic acids is 1. The van der Waals surface area contributed by atoms with Crippen molar-refractivity contribution in [2.45, 2.75) is 53.6 Å². The number of rotatable bonds is 6. The molecule has 3 aromatic rings. The molecule has 33 heavy (non-hydrogen) atoms. The number of benzene rings is 1. The van der Waals surface area contributed by atoms with Crippen LogP contribution in [-0.2, 0) is 24.2 Å². The van der Waals surface area contributed by atoms with Gasteiger partial charge in [0.2, 0.25) is 5.91 Å². The third-order valence-corrected chi connectivity index (χ3v) is 5.94. The second kappa shape index (κ2) is 9.86. The Hall–Kier alpha value is -3.66. The zero-order valence-corrected chi connectivity index (χ0v) is 19.0. The van der Waals surface area contributed by atoms with Gasteiger partial charge in [0.25, 0.3) is 0 Å². The maximum atomic E-state index is 12.5. The fourth-order valence-electron chi connectivity index (χ4n) is 4.37. The Morgan fingerprint density at radius 3 is 2.73 bits per heavy atom. The van der Waals surface area contributed by atoms with Crippen LogP contribution >= 0.6 is 0 Å². The smallest absolute Gasteiger partial charge is 0.247 e. The number of aromatic nitrogens is 3. The van der Waals surface area contributed by atoms with E-state index in [1.807, 2.05) is 49.2 Å². The molecule has 1 aliphatic rings. The van der Waals surface area contributed by atoms with Crippen LogP contribution in [0.4, 0.5) is 11.4 Å². The molecule has 1 aromatic carbocycles. The lowest BCUT2D eigenvalue weighted by molar-refractivity contribution is -0.118. The number of nitrogens with zero attached hydrogens (tertiary/aromatic N) is 5. The van der Waals surface area contributed by atoms with Gasteiger partial charge in [-0.25, -0.2) is 0 Å². The molecule has 0 spiro atoms. The Morgan fingerprint density at radius 1 is 1.21 bits per heavy atom. The molecule has 0 radical (unpaired) electrons. The summed E-state index contributed by atoms with van der Waals surface area (Å²) in [6.45, 7) is 6.70. The summed E-state index contributed by atoms with van der Waals surface area (Å²) in [5.74, 6) is 0.241. The number of anilines is 2. The van der Waals surface area contributed by atoms with Gasteiger partial charge in [-0.2, -0.15) is 10.4 Å². The van der Waals surface area contributed by atoms with E-state index in [1.54, 1.807) is 6.07 Å². The fourth-order valence-corrected chi connectivity index (χ4v) is 4.37. The summed E-state index contributed by atoms with van der Waals surface area (Å²) in [6, 6.07) is 11.7. The molecule has 1 atom stereocenters. The second-order valence-electron chi connectivity index (χ2n) is 8.74. The summed E-state index contributed by atoms with van der Waals surface area (Å²) in [5, 5.41) is 16.6. The van der Waals surface area contributed by atoms with Crippen molar-refractivity contribution in [3.05, 3.63) is 70.8 Å². The van der Waals surface area contributed by atoms with Crippen LogP contribution in [0.25, 0.3) is 0 Å².